The highest BCUT2D eigenvalue weighted by atomic mass is 32.1. The molecule has 0 bridgehead atoms. The van der Waals surface area contributed by atoms with Gasteiger partial charge in [0.15, 0.2) is 11.6 Å². The van der Waals surface area contributed by atoms with Crippen molar-refractivity contribution in [3.05, 3.63) is 114 Å². The smallest absolute Gasteiger partial charge is 0.177 e. The Labute approximate surface area is 229 Å². The summed E-state index contributed by atoms with van der Waals surface area (Å²) in [5.41, 5.74) is 4.51. The van der Waals surface area contributed by atoms with E-state index in [-0.39, 0.29) is 5.56 Å². The molecule has 40 heavy (non-hydrogen) atoms. The molecule has 0 saturated heterocycles. The third-order valence-corrected chi connectivity index (χ3v) is 7.54. The number of hydrogen-bond acceptors (Lipinski definition) is 5. The molecule has 7 aromatic rings. The van der Waals surface area contributed by atoms with Gasteiger partial charge in [-0.3, -0.25) is 0 Å². The normalized spacial score (nSPS) is 11.3. The van der Waals surface area contributed by atoms with Crippen LogP contribution in [0.4, 0.5) is 13.2 Å². The molecule has 2 aromatic heterocycles. The van der Waals surface area contributed by atoms with Gasteiger partial charge in [-0.2, -0.15) is 14.0 Å². The summed E-state index contributed by atoms with van der Waals surface area (Å²) in [7, 11) is 0. The number of pyridine rings is 1. The van der Waals surface area contributed by atoms with Crippen LogP contribution < -0.4 is 0 Å². The van der Waals surface area contributed by atoms with Crippen molar-refractivity contribution in [2.24, 2.45) is 0 Å². The molecule has 0 unspecified atom stereocenters. The monoisotopic (exact) mass is 544 g/mol. The second kappa shape index (κ2) is 9.26. The Morgan fingerprint density at radius 3 is 2.15 bits per heavy atom. The molecule has 0 spiro atoms. The molecule has 0 amide bonds. The summed E-state index contributed by atoms with van der Waals surface area (Å²) in [6, 6.07) is 28.5. The number of fused-ring (bicyclic) bond motifs is 5. The molecule has 4 nitrogen and oxygen atoms in total. The number of hydrogen-bond donors (Lipinski definition) is 0. The quantitative estimate of drug-likeness (QED) is 0.165. The van der Waals surface area contributed by atoms with Crippen LogP contribution in [0.2, 0.25) is 0 Å². The summed E-state index contributed by atoms with van der Waals surface area (Å²) >= 11 is 1.11. The Kier molecular flexibility index (Phi) is 5.54. The zero-order chi connectivity index (χ0) is 27.4. The second-order valence-electron chi connectivity index (χ2n) is 9.25. The minimum Gasteiger partial charge on any atom is -0.247 e. The molecule has 0 saturated carbocycles. The second-order valence-corrected chi connectivity index (χ2v) is 9.78. The number of aromatic nitrogens is 3. The van der Waals surface area contributed by atoms with Gasteiger partial charge in [-0.05, 0) is 29.3 Å². The van der Waals surface area contributed by atoms with Gasteiger partial charge in [0, 0.05) is 27.3 Å². The summed E-state index contributed by atoms with van der Waals surface area (Å²) in [4.78, 5) is 5.01. The van der Waals surface area contributed by atoms with E-state index in [1.165, 1.54) is 18.2 Å². The van der Waals surface area contributed by atoms with Gasteiger partial charge in [0.05, 0.1) is 34.1 Å². The van der Waals surface area contributed by atoms with Crippen LogP contribution in [0.15, 0.2) is 91.0 Å². The first-order chi connectivity index (χ1) is 19.5. The van der Waals surface area contributed by atoms with E-state index in [0.29, 0.717) is 11.6 Å². The van der Waals surface area contributed by atoms with Crippen molar-refractivity contribution >= 4 is 44.4 Å². The minimum absolute atomic E-state index is 0.146. The van der Waals surface area contributed by atoms with E-state index in [1.807, 2.05) is 60.7 Å². The lowest BCUT2D eigenvalue weighted by atomic mass is 9.93. The van der Waals surface area contributed by atoms with Crippen LogP contribution in [-0.4, -0.2) is 13.7 Å². The fourth-order valence-electron chi connectivity index (χ4n) is 5.16. The van der Waals surface area contributed by atoms with Crippen LogP contribution in [0.5, 0.6) is 0 Å². The number of halogens is 3. The zero-order valence-electron chi connectivity index (χ0n) is 20.5. The molecular weight excluding hydrogens is 529 g/mol. The Hall–Kier alpha value is -5.13. The van der Waals surface area contributed by atoms with Crippen molar-refractivity contribution in [1.29, 1.82) is 5.26 Å². The molecule has 0 atom stereocenters. The summed E-state index contributed by atoms with van der Waals surface area (Å²) in [5.74, 6) is -3.78. The third kappa shape index (κ3) is 3.63. The first kappa shape index (κ1) is 23.9. The SMILES string of the molecule is N#Cc1cc(F)c(-c2ccc(-c3cc4c(-c5ccccc5)nc5ccccc5c4c4nsnc34)cc2)c(F)c1F. The Morgan fingerprint density at radius 1 is 0.675 bits per heavy atom. The van der Waals surface area contributed by atoms with Gasteiger partial charge >= 0.3 is 0 Å². The third-order valence-electron chi connectivity index (χ3n) is 7.01. The molecular formula is C32H15F3N4S. The van der Waals surface area contributed by atoms with E-state index in [2.05, 4.69) is 8.75 Å². The largest absolute Gasteiger partial charge is 0.247 e. The van der Waals surface area contributed by atoms with Crippen LogP contribution in [0, 0.1) is 28.8 Å². The highest BCUT2D eigenvalue weighted by molar-refractivity contribution is 7.00. The fraction of sp³-hybridized carbons (Fsp3) is 0. The maximum Gasteiger partial charge on any atom is 0.177 e. The molecule has 2 heterocycles. The molecule has 0 aliphatic heterocycles. The number of rotatable bonds is 3. The number of para-hydroxylation sites is 1. The first-order valence-corrected chi connectivity index (χ1v) is 13.0. The van der Waals surface area contributed by atoms with Crippen LogP contribution in [0.3, 0.4) is 0 Å². The summed E-state index contributed by atoms with van der Waals surface area (Å²) in [6.45, 7) is 0. The van der Waals surface area contributed by atoms with Crippen LogP contribution >= 0.6 is 11.7 Å². The van der Waals surface area contributed by atoms with Gasteiger partial charge < -0.3 is 0 Å². The van der Waals surface area contributed by atoms with E-state index in [0.717, 1.165) is 61.3 Å². The van der Waals surface area contributed by atoms with Gasteiger partial charge in [-0.15, -0.1) is 0 Å². The molecule has 7 rings (SSSR count). The lowest BCUT2D eigenvalue weighted by Crippen LogP contribution is -1.98. The zero-order valence-corrected chi connectivity index (χ0v) is 21.3. The molecule has 0 aliphatic carbocycles. The molecule has 0 fully saturated rings. The summed E-state index contributed by atoms with van der Waals surface area (Å²) < 4.78 is 52.9. The number of nitriles is 1. The van der Waals surface area contributed by atoms with E-state index in [9.17, 15) is 13.2 Å². The Balaban J connectivity index is 1.47. The van der Waals surface area contributed by atoms with Gasteiger partial charge in [-0.1, -0.05) is 72.8 Å². The summed E-state index contributed by atoms with van der Waals surface area (Å²) in [5, 5.41) is 11.8. The average molecular weight is 545 g/mol. The predicted molar refractivity (Wildman–Crippen MR) is 151 cm³/mol. The van der Waals surface area contributed by atoms with Crippen molar-refractivity contribution in [3.8, 4) is 39.6 Å². The van der Waals surface area contributed by atoms with E-state index >= 15 is 0 Å². The van der Waals surface area contributed by atoms with Crippen molar-refractivity contribution in [2.75, 3.05) is 0 Å². The topological polar surface area (TPSA) is 62.5 Å². The highest BCUT2D eigenvalue weighted by Crippen LogP contribution is 2.41. The molecule has 0 N–H and O–H groups in total. The predicted octanol–water partition coefficient (Wildman–Crippen LogP) is 8.68. The molecule has 8 heteroatoms. The van der Waals surface area contributed by atoms with Gasteiger partial charge in [-0.25, -0.2) is 18.2 Å². The van der Waals surface area contributed by atoms with Gasteiger partial charge in [0.2, 0.25) is 0 Å². The van der Waals surface area contributed by atoms with Crippen molar-refractivity contribution in [3.63, 3.8) is 0 Å². The van der Waals surface area contributed by atoms with Crippen LogP contribution in [0.1, 0.15) is 5.56 Å². The lowest BCUT2D eigenvalue weighted by Gasteiger charge is -2.13. The Morgan fingerprint density at radius 2 is 1.38 bits per heavy atom. The van der Waals surface area contributed by atoms with Crippen molar-refractivity contribution < 1.29 is 13.2 Å². The molecule has 5 aromatic carbocycles. The molecule has 0 aliphatic rings. The van der Waals surface area contributed by atoms with Crippen molar-refractivity contribution in [1.82, 2.24) is 13.7 Å². The van der Waals surface area contributed by atoms with E-state index < -0.39 is 28.6 Å². The maximum atomic E-state index is 14.7. The standard InChI is InChI=1S/C32H15F3N4S/c33-24-14-20(16-36)28(34)29(35)26(24)18-12-10-17(11-13-18)22-15-23-27(32-31(22)38-40-39-32)21-8-4-5-9-25(21)37-30(23)19-6-2-1-3-7-19/h1-15H. The van der Waals surface area contributed by atoms with Crippen molar-refractivity contribution in [2.45, 2.75) is 0 Å². The Bertz CT molecular complexity index is 2150. The lowest BCUT2D eigenvalue weighted by molar-refractivity contribution is 0.496. The van der Waals surface area contributed by atoms with E-state index in [1.54, 1.807) is 12.1 Å². The number of benzene rings is 5. The van der Waals surface area contributed by atoms with E-state index in [4.69, 9.17) is 10.2 Å². The minimum atomic E-state index is -1.40. The molecule has 0 radical (unpaired) electrons. The van der Waals surface area contributed by atoms with Crippen LogP contribution in [0.25, 0.3) is 66.2 Å². The summed E-state index contributed by atoms with van der Waals surface area (Å²) in [6.07, 6.45) is 0. The van der Waals surface area contributed by atoms with Gasteiger partial charge in [0.1, 0.15) is 22.9 Å². The number of nitrogens with zero attached hydrogens (tertiary/aromatic N) is 4. The van der Waals surface area contributed by atoms with Gasteiger partial charge in [0.25, 0.3) is 0 Å². The first-order valence-electron chi connectivity index (χ1n) is 12.3. The average Bonchev–Trinajstić information content (AvgIpc) is 3.49. The highest BCUT2D eigenvalue weighted by Gasteiger charge is 2.22. The molecule has 190 valence electrons. The maximum absolute atomic E-state index is 14.7. The fourth-order valence-corrected chi connectivity index (χ4v) is 5.72. The van der Waals surface area contributed by atoms with Crippen LogP contribution in [-0.2, 0) is 0 Å².